The lowest BCUT2D eigenvalue weighted by Gasteiger charge is -2.31. The van der Waals surface area contributed by atoms with Crippen LogP contribution in [0, 0.1) is 5.92 Å². The molecule has 2 aromatic heterocycles. The lowest BCUT2D eigenvalue weighted by molar-refractivity contribution is 0.370. The summed E-state index contributed by atoms with van der Waals surface area (Å²) in [4.78, 5) is 18.9. The van der Waals surface area contributed by atoms with Crippen molar-refractivity contribution in [3.63, 3.8) is 0 Å². The van der Waals surface area contributed by atoms with Crippen molar-refractivity contribution >= 4 is 33.1 Å². The van der Waals surface area contributed by atoms with Gasteiger partial charge in [-0.3, -0.25) is 0 Å². The van der Waals surface area contributed by atoms with Gasteiger partial charge in [-0.15, -0.1) is 11.3 Å². The molecular weight excluding hydrogens is 414 g/mol. The summed E-state index contributed by atoms with van der Waals surface area (Å²) in [5.41, 5.74) is 5.24. The van der Waals surface area contributed by atoms with Crippen molar-refractivity contribution in [1.82, 2.24) is 19.9 Å². The van der Waals surface area contributed by atoms with E-state index in [1.807, 2.05) is 23.7 Å². The molecule has 0 amide bonds. The van der Waals surface area contributed by atoms with Crippen LogP contribution in [-0.4, -0.2) is 53.1 Å². The number of anilines is 1. The summed E-state index contributed by atoms with van der Waals surface area (Å²) in [6.45, 7) is 6.46. The van der Waals surface area contributed by atoms with Gasteiger partial charge in [0.25, 0.3) is 0 Å². The number of benzene rings is 1. The molecular formula is C26H33N5S. The Morgan fingerprint density at radius 2 is 1.91 bits per heavy atom. The van der Waals surface area contributed by atoms with Gasteiger partial charge >= 0.3 is 0 Å². The van der Waals surface area contributed by atoms with E-state index in [1.54, 1.807) is 0 Å². The molecule has 0 aliphatic carbocycles. The minimum Gasteiger partial charge on any atom is -0.341 e. The molecule has 168 valence electrons. The molecule has 2 aliphatic rings. The molecule has 32 heavy (non-hydrogen) atoms. The number of piperidine rings is 1. The molecule has 0 bridgehead atoms. The molecule has 5 nitrogen and oxygen atoms in total. The Balaban J connectivity index is 1.20. The van der Waals surface area contributed by atoms with Crippen molar-refractivity contribution in [3.8, 4) is 0 Å². The molecule has 3 aromatic rings. The molecule has 5 rings (SSSR count). The first-order chi connectivity index (χ1) is 15.7. The summed E-state index contributed by atoms with van der Waals surface area (Å²) in [6.07, 6.45) is 13.1. The summed E-state index contributed by atoms with van der Waals surface area (Å²) in [5.74, 6) is 1.58. The normalized spacial score (nSPS) is 18.3. The Hall–Kier alpha value is -2.31. The third-order valence-electron chi connectivity index (χ3n) is 6.81. The number of fused-ring (bicyclic) bond motifs is 1. The number of likely N-dealkylation sites (N-methyl/N-ethyl adjacent to an activating group) is 1. The van der Waals surface area contributed by atoms with Crippen LogP contribution < -0.4 is 4.90 Å². The predicted molar refractivity (Wildman–Crippen MR) is 134 cm³/mol. The lowest BCUT2D eigenvalue weighted by Crippen LogP contribution is -2.35. The molecule has 1 fully saturated rings. The van der Waals surface area contributed by atoms with E-state index >= 15 is 0 Å². The summed E-state index contributed by atoms with van der Waals surface area (Å²) in [5, 5.41) is 1.29. The number of nitrogens with zero attached hydrogens (tertiary/aromatic N) is 5. The first-order valence-electron chi connectivity index (χ1n) is 12.0. The van der Waals surface area contributed by atoms with Gasteiger partial charge in [-0.05, 0) is 67.5 Å². The SMILES string of the molecule is CCCc1cnc(N2CCC(Cc3nc4ccc(C5=CCN(C)CC5)cc4s3)CC2)nc1. The average Bonchev–Trinajstić information content (AvgIpc) is 3.22. The fraction of sp³-hybridized carbons (Fsp3) is 0.500. The highest BCUT2D eigenvalue weighted by atomic mass is 32.1. The molecule has 0 atom stereocenters. The van der Waals surface area contributed by atoms with E-state index in [-0.39, 0.29) is 0 Å². The van der Waals surface area contributed by atoms with Gasteiger partial charge in [0.2, 0.25) is 5.95 Å². The smallest absolute Gasteiger partial charge is 0.225 e. The summed E-state index contributed by atoms with van der Waals surface area (Å²) < 4.78 is 1.33. The van der Waals surface area contributed by atoms with Crippen LogP contribution in [0.1, 0.15) is 48.7 Å². The van der Waals surface area contributed by atoms with Crippen LogP contribution in [0.25, 0.3) is 15.8 Å². The highest BCUT2D eigenvalue weighted by Gasteiger charge is 2.22. The molecule has 1 saturated heterocycles. The minimum atomic E-state index is 0.697. The summed E-state index contributed by atoms with van der Waals surface area (Å²) >= 11 is 1.89. The first-order valence-corrected chi connectivity index (χ1v) is 12.8. The van der Waals surface area contributed by atoms with Gasteiger partial charge in [-0.1, -0.05) is 25.5 Å². The zero-order valence-corrected chi connectivity index (χ0v) is 20.1. The highest BCUT2D eigenvalue weighted by molar-refractivity contribution is 7.18. The van der Waals surface area contributed by atoms with Crippen molar-refractivity contribution in [2.75, 3.05) is 38.1 Å². The number of thiazole rings is 1. The van der Waals surface area contributed by atoms with Crippen LogP contribution in [-0.2, 0) is 12.8 Å². The monoisotopic (exact) mass is 447 g/mol. The van der Waals surface area contributed by atoms with E-state index in [2.05, 4.69) is 58.0 Å². The quantitative estimate of drug-likeness (QED) is 0.519. The van der Waals surface area contributed by atoms with E-state index in [4.69, 9.17) is 4.98 Å². The van der Waals surface area contributed by atoms with E-state index in [1.165, 1.54) is 39.2 Å². The average molecular weight is 448 g/mol. The second-order valence-corrected chi connectivity index (χ2v) is 10.4. The van der Waals surface area contributed by atoms with Crippen LogP contribution in [0.5, 0.6) is 0 Å². The Labute approximate surface area is 195 Å². The van der Waals surface area contributed by atoms with Crippen molar-refractivity contribution in [3.05, 3.63) is 52.8 Å². The van der Waals surface area contributed by atoms with Gasteiger partial charge in [-0.25, -0.2) is 15.0 Å². The van der Waals surface area contributed by atoms with Gasteiger partial charge in [0.15, 0.2) is 0 Å². The number of rotatable bonds is 6. The van der Waals surface area contributed by atoms with Gasteiger partial charge in [0, 0.05) is 45.0 Å². The Morgan fingerprint density at radius 3 is 2.62 bits per heavy atom. The molecule has 0 N–H and O–H groups in total. The zero-order valence-electron chi connectivity index (χ0n) is 19.3. The van der Waals surface area contributed by atoms with E-state index < -0.39 is 0 Å². The van der Waals surface area contributed by atoms with E-state index in [0.717, 1.165) is 63.3 Å². The minimum absolute atomic E-state index is 0.697. The predicted octanol–water partition coefficient (Wildman–Crippen LogP) is 5.22. The maximum Gasteiger partial charge on any atom is 0.225 e. The maximum absolute atomic E-state index is 4.96. The van der Waals surface area contributed by atoms with Crippen LogP contribution >= 0.6 is 11.3 Å². The van der Waals surface area contributed by atoms with Crippen LogP contribution in [0.2, 0.25) is 0 Å². The third-order valence-corrected chi connectivity index (χ3v) is 7.85. The fourth-order valence-corrected chi connectivity index (χ4v) is 5.93. The van der Waals surface area contributed by atoms with Gasteiger partial charge in [0.1, 0.15) is 0 Å². The topological polar surface area (TPSA) is 45.2 Å². The highest BCUT2D eigenvalue weighted by Crippen LogP contribution is 2.31. The van der Waals surface area contributed by atoms with Gasteiger partial charge in [-0.2, -0.15) is 0 Å². The number of hydrogen-bond donors (Lipinski definition) is 0. The Bertz CT molecular complexity index is 1080. The zero-order chi connectivity index (χ0) is 21.9. The van der Waals surface area contributed by atoms with Crippen molar-refractivity contribution in [2.45, 2.75) is 45.4 Å². The second-order valence-electron chi connectivity index (χ2n) is 9.31. The number of aryl methyl sites for hydroxylation is 1. The van der Waals surface area contributed by atoms with Crippen LogP contribution in [0.15, 0.2) is 36.7 Å². The second kappa shape index (κ2) is 9.67. The van der Waals surface area contributed by atoms with E-state index in [9.17, 15) is 0 Å². The van der Waals surface area contributed by atoms with Crippen molar-refractivity contribution < 1.29 is 0 Å². The summed E-state index contributed by atoms with van der Waals surface area (Å²) in [7, 11) is 2.19. The number of hydrogen-bond acceptors (Lipinski definition) is 6. The standard InChI is InChI=1S/C26H33N5S/c1-3-4-20-17-27-26(28-18-20)31-13-7-19(8-14-31)15-25-29-23-6-5-22(16-24(23)32-25)21-9-11-30(2)12-10-21/h5-6,9,16-19H,3-4,7-8,10-15H2,1-2H3. The molecule has 0 unspecified atom stereocenters. The van der Waals surface area contributed by atoms with Gasteiger partial charge < -0.3 is 9.80 Å². The van der Waals surface area contributed by atoms with Gasteiger partial charge in [0.05, 0.1) is 15.2 Å². The fourth-order valence-electron chi connectivity index (χ4n) is 4.81. The van der Waals surface area contributed by atoms with Crippen LogP contribution in [0.4, 0.5) is 5.95 Å². The lowest BCUT2D eigenvalue weighted by atomic mass is 9.94. The molecule has 0 radical (unpaired) electrons. The largest absolute Gasteiger partial charge is 0.341 e. The molecule has 0 saturated carbocycles. The molecule has 1 aromatic carbocycles. The number of aromatic nitrogens is 3. The Kier molecular flexibility index (Phi) is 6.51. The van der Waals surface area contributed by atoms with Crippen LogP contribution in [0.3, 0.4) is 0 Å². The maximum atomic E-state index is 4.96. The third kappa shape index (κ3) is 4.86. The van der Waals surface area contributed by atoms with Crippen molar-refractivity contribution in [1.29, 1.82) is 0 Å². The first kappa shape index (κ1) is 21.5. The molecule has 0 spiro atoms. The summed E-state index contributed by atoms with van der Waals surface area (Å²) in [6, 6.07) is 6.83. The van der Waals surface area contributed by atoms with Crippen molar-refractivity contribution in [2.24, 2.45) is 5.92 Å². The molecule has 2 aliphatic heterocycles. The Morgan fingerprint density at radius 1 is 1.09 bits per heavy atom. The molecule has 6 heteroatoms. The molecule has 4 heterocycles. The van der Waals surface area contributed by atoms with E-state index in [0.29, 0.717) is 5.92 Å².